The van der Waals surface area contributed by atoms with E-state index in [0.717, 1.165) is 6.04 Å². The van der Waals surface area contributed by atoms with Crippen molar-refractivity contribution in [2.24, 2.45) is 0 Å². The largest absolute Gasteiger partial charge is 0.358 e. The summed E-state index contributed by atoms with van der Waals surface area (Å²) in [5, 5.41) is 3.21. The van der Waals surface area contributed by atoms with E-state index < -0.39 is 0 Å². The van der Waals surface area contributed by atoms with Gasteiger partial charge < -0.3 is 19.2 Å². The van der Waals surface area contributed by atoms with E-state index in [9.17, 15) is 0 Å². The second-order valence-electron chi connectivity index (χ2n) is 2.06. The molecule has 0 aromatic carbocycles. The van der Waals surface area contributed by atoms with Crippen molar-refractivity contribution in [1.82, 2.24) is 5.32 Å². The van der Waals surface area contributed by atoms with E-state index in [0.29, 0.717) is 0 Å². The summed E-state index contributed by atoms with van der Waals surface area (Å²) in [4.78, 5) is 0. The summed E-state index contributed by atoms with van der Waals surface area (Å²) in [5.74, 6) is 0. The third kappa shape index (κ3) is 4.47. The van der Waals surface area contributed by atoms with E-state index in [1.807, 2.05) is 7.05 Å². The van der Waals surface area contributed by atoms with Gasteiger partial charge in [0.1, 0.15) is 0 Å². The molecule has 0 spiro atoms. The van der Waals surface area contributed by atoms with Crippen LogP contribution in [-0.2, 0) is 32.7 Å². The van der Waals surface area contributed by atoms with Gasteiger partial charge in [0, 0.05) is 32.7 Å². The van der Waals surface area contributed by atoms with Crippen LogP contribution < -0.4 is 5.32 Å². The van der Waals surface area contributed by atoms with Crippen LogP contribution in [-0.4, -0.2) is 13.1 Å². The van der Waals surface area contributed by atoms with Gasteiger partial charge in [-0.05, 0) is 7.05 Å². The van der Waals surface area contributed by atoms with Crippen molar-refractivity contribution in [3.8, 4) is 0 Å². The quantitative estimate of drug-likeness (QED) is 0.634. The molecule has 0 bridgehead atoms. The van der Waals surface area contributed by atoms with Crippen LogP contribution in [0.2, 0.25) is 0 Å². The first-order chi connectivity index (χ1) is 3.43. The van der Waals surface area contributed by atoms with Crippen molar-refractivity contribution in [3.05, 3.63) is 13.8 Å². The molecule has 1 unspecified atom stereocenters. The molecule has 0 heterocycles. The van der Waals surface area contributed by atoms with Gasteiger partial charge in [0.05, 0.1) is 0 Å². The van der Waals surface area contributed by atoms with Crippen molar-refractivity contribution in [2.45, 2.75) is 25.3 Å². The standard InChI is InChI=1S/C6H12N.CH3.Y/c1-7-6-4-2-3-5-6;;/h4,6-7H,2-3,5H2,1H3;1H3;/q2*-1;. The molecule has 0 saturated heterocycles. The molecule has 1 fully saturated rings. The molecule has 1 N–H and O–H groups in total. The SMILES string of the molecule is CNC1[CH-]CCC1.[CH3-].[Y]. The molecule has 1 nitrogen and oxygen atoms in total. The Hall–Kier alpha value is 1.06. The van der Waals surface area contributed by atoms with E-state index in [2.05, 4.69) is 11.7 Å². The van der Waals surface area contributed by atoms with Crippen LogP contribution in [0.25, 0.3) is 0 Å². The van der Waals surface area contributed by atoms with Crippen LogP contribution in [0.4, 0.5) is 0 Å². The van der Waals surface area contributed by atoms with Crippen molar-refractivity contribution >= 4 is 0 Å². The second-order valence-corrected chi connectivity index (χ2v) is 2.06. The first-order valence-electron chi connectivity index (χ1n) is 2.94. The Labute approximate surface area is 83.9 Å². The molecule has 1 radical (unpaired) electrons. The summed E-state index contributed by atoms with van der Waals surface area (Å²) in [6.07, 6.45) is 6.38. The van der Waals surface area contributed by atoms with Gasteiger partial charge >= 0.3 is 0 Å². The summed E-state index contributed by atoms with van der Waals surface area (Å²) < 4.78 is 0. The van der Waals surface area contributed by atoms with E-state index in [1.54, 1.807) is 0 Å². The molecule has 1 atom stereocenters. The van der Waals surface area contributed by atoms with Crippen molar-refractivity contribution < 1.29 is 32.7 Å². The molecular weight excluding hydrogens is 187 g/mol. The zero-order valence-corrected chi connectivity index (χ0v) is 9.19. The average Bonchev–Trinajstić information content (AvgIpc) is 2.14. The van der Waals surface area contributed by atoms with Crippen LogP contribution in [0.15, 0.2) is 0 Å². The fraction of sp³-hybridized carbons (Fsp3) is 0.714. The van der Waals surface area contributed by atoms with E-state index in [-0.39, 0.29) is 40.1 Å². The van der Waals surface area contributed by atoms with Crippen LogP contribution in [0.5, 0.6) is 0 Å². The predicted octanol–water partition coefficient (Wildman–Crippen LogP) is 1.41. The van der Waals surface area contributed by atoms with Gasteiger partial charge in [-0.3, -0.25) is 0 Å². The van der Waals surface area contributed by atoms with Gasteiger partial charge in [-0.15, -0.1) is 6.04 Å². The minimum Gasteiger partial charge on any atom is -0.358 e. The van der Waals surface area contributed by atoms with Gasteiger partial charge in [0.25, 0.3) is 0 Å². The van der Waals surface area contributed by atoms with Gasteiger partial charge in [0.15, 0.2) is 0 Å². The maximum Gasteiger partial charge on any atom is 0 e. The van der Waals surface area contributed by atoms with Crippen LogP contribution >= 0.6 is 0 Å². The zero-order chi connectivity index (χ0) is 5.11. The Morgan fingerprint density at radius 1 is 1.56 bits per heavy atom. The minimum absolute atomic E-state index is 0. The molecule has 1 aliphatic carbocycles. The first-order valence-corrected chi connectivity index (χ1v) is 2.94. The fourth-order valence-electron chi connectivity index (χ4n) is 1.04. The van der Waals surface area contributed by atoms with E-state index in [4.69, 9.17) is 0 Å². The smallest absolute Gasteiger partial charge is 0 e. The fourth-order valence-corrected chi connectivity index (χ4v) is 1.04. The Kier molecular flexibility index (Phi) is 10.1. The zero-order valence-electron chi connectivity index (χ0n) is 6.35. The van der Waals surface area contributed by atoms with Crippen molar-refractivity contribution in [3.63, 3.8) is 0 Å². The summed E-state index contributed by atoms with van der Waals surface area (Å²) in [6, 6.07) is 0.722. The van der Waals surface area contributed by atoms with E-state index in [1.165, 1.54) is 19.3 Å². The Morgan fingerprint density at radius 3 is 2.44 bits per heavy atom. The molecule has 53 valence electrons. The maximum absolute atomic E-state index is 3.21. The van der Waals surface area contributed by atoms with Gasteiger partial charge in [0.2, 0.25) is 0 Å². The maximum atomic E-state index is 3.21. The molecular formula is C7H15NY-2. The monoisotopic (exact) mass is 202 g/mol. The molecule has 0 amide bonds. The van der Waals surface area contributed by atoms with Crippen LogP contribution in [0.1, 0.15) is 19.3 Å². The number of hydrogen-bond donors (Lipinski definition) is 1. The molecule has 1 aliphatic rings. The number of hydrogen-bond acceptors (Lipinski definition) is 1. The Morgan fingerprint density at radius 2 is 2.22 bits per heavy atom. The Balaban J connectivity index is 0. The van der Waals surface area contributed by atoms with Crippen LogP contribution in [0, 0.1) is 13.8 Å². The molecule has 0 aromatic heterocycles. The van der Waals surface area contributed by atoms with Crippen LogP contribution in [0.3, 0.4) is 0 Å². The topological polar surface area (TPSA) is 12.0 Å². The number of rotatable bonds is 1. The molecule has 1 rings (SSSR count). The average molecular weight is 202 g/mol. The molecule has 1 saturated carbocycles. The van der Waals surface area contributed by atoms with E-state index >= 15 is 0 Å². The summed E-state index contributed by atoms with van der Waals surface area (Å²) in [7, 11) is 2.02. The molecule has 0 aliphatic heterocycles. The summed E-state index contributed by atoms with van der Waals surface area (Å²) in [5.41, 5.74) is 0. The molecule has 0 aromatic rings. The first kappa shape index (κ1) is 12.7. The van der Waals surface area contributed by atoms with Crippen molar-refractivity contribution in [2.75, 3.05) is 7.05 Å². The minimum atomic E-state index is 0. The van der Waals surface area contributed by atoms with Gasteiger partial charge in [-0.2, -0.15) is 6.42 Å². The molecule has 9 heavy (non-hydrogen) atoms. The number of nitrogens with one attached hydrogen (secondary N) is 1. The Bertz CT molecular complexity index is 50.9. The third-order valence-electron chi connectivity index (χ3n) is 1.54. The molecule has 2 heteroatoms. The summed E-state index contributed by atoms with van der Waals surface area (Å²) >= 11 is 0. The predicted molar refractivity (Wildman–Crippen MR) is 37.4 cm³/mol. The summed E-state index contributed by atoms with van der Waals surface area (Å²) in [6.45, 7) is 0. The van der Waals surface area contributed by atoms with Gasteiger partial charge in [-0.1, -0.05) is 12.8 Å². The normalized spacial score (nSPS) is 24.3. The third-order valence-corrected chi connectivity index (χ3v) is 1.54. The van der Waals surface area contributed by atoms with Gasteiger partial charge in [-0.25, -0.2) is 0 Å². The van der Waals surface area contributed by atoms with Crippen molar-refractivity contribution in [1.29, 1.82) is 0 Å². The second kappa shape index (κ2) is 7.17.